The zero-order chi connectivity index (χ0) is 17.4. The Hall–Kier alpha value is -2.28. The largest absolute Gasteiger partial charge is 0.343 e. The summed E-state index contributed by atoms with van der Waals surface area (Å²) in [6.45, 7) is 3.87. The molecule has 3 rings (SSSR count). The van der Waals surface area contributed by atoms with Gasteiger partial charge in [-0.3, -0.25) is 9.59 Å². The van der Waals surface area contributed by atoms with E-state index in [4.69, 9.17) is 11.6 Å². The third-order valence-electron chi connectivity index (χ3n) is 4.38. The number of rotatable bonds is 2. The minimum absolute atomic E-state index is 0.116. The van der Waals surface area contributed by atoms with E-state index in [1.807, 2.05) is 13.0 Å². The van der Waals surface area contributed by atoms with Crippen molar-refractivity contribution < 1.29 is 14.4 Å². The molecule has 1 aromatic rings. The van der Waals surface area contributed by atoms with E-state index in [1.54, 1.807) is 19.1 Å². The lowest BCUT2D eigenvalue weighted by Gasteiger charge is -2.32. The molecule has 3 N–H and O–H groups in total. The molecule has 2 fully saturated rings. The van der Waals surface area contributed by atoms with Crippen molar-refractivity contribution in [3.8, 4) is 0 Å². The van der Waals surface area contributed by atoms with Crippen LogP contribution < -0.4 is 16.0 Å². The van der Waals surface area contributed by atoms with Gasteiger partial charge in [0.05, 0.1) is 6.04 Å². The first-order valence-electron chi connectivity index (χ1n) is 7.79. The second-order valence-corrected chi connectivity index (χ2v) is 6.64. The monoisotopic (exact) mass is 350 g/mol. The number of carbonyl (C=O) groups is 3. The molecule has 0 aromatic heterocycles. The lowest BCUT2D eigenvalue weighted by Crippen LogP contribution is -2.60. The predicted octanol–water partition coefficient (Wildman–Crippen LogP) is 1.26. The Morgan fingerprint density at radius 1 is 1.38 bits per heavy atom. The standard InChI is InChI=1S/C16H19ClN4O3/c1-8-3-4-10(5-12(8)17)19-16(24)20-11-6-13-14(22)18-9(2)15(23)21(13)7-11/h3-5,9,11,13H,6-7H2,1-2H3,(H,18,22)(H2,19,20,24)/t9-,11-,13-/m0/s1. The SMILES string of the molecule is Cc1ccc(NC(=O)N[C@H]2C[C@H]3C(=O)N[C@@H](C)C(=O)N3C2)cc1Cl. The van der Waals surface area contributed by atoms with E-state index in [0.717, 1.165) is 5.56 Å². The van der Waals surface area contributed by atoms with Crippen molar-refractivity contribution in [1.29, 1.82) is 0 Å². The summed E-state index contributed by atoms with van der Waals surface area (Å²) in [7, 11) is 0. The van der Waals surface area contributed by atoms with Crippen LogP contribution in [0.1, 0.15) is 18.9 Å². The summed E-state index contributed by atoms with van der Waals surface area (Å²) in [5.74, 6) is -0.285. The summed E-state index contributed by atoms with van der Waals surface area (Å²) in [5.41, 5.74) is 1.51. The number of urea groups is 1. The molecule has 128 valence electrons. The second-order valence-electron chi connectivity index (χ2n) is 6.23. The molecule has 0 aliphatic carbocycles. The fraction of sp³-hybridized carbons (Fsp3) is 0.438. The number of piperazine rings is 1. The van der Waals surface area contributed by atoms with Crippen molar-refractivity contribution in [3.63, 3.8) is 0 Å². The Balaban J connectivity index is 1.60. The average Bonchev–Trinajstić information content (AvgIpc) is 2.93. The number of hydrogen-bond acceptors (Lipinski definition) is 3. The highest BCUT2D eigenvalue weighted by atomic mass is 35.5. The Bertz CT molecular complexity index is 709. The number of carbonyl (C=O) groups excluding carboxylic acids is 3. The molecular weight excluding hydrogens is 332 g/mol. The summed E-state index contributed by atoms with van der Waals surface area (Å²) in [4.78, 5) is 37.8. The van der Waals surface area contributed by atoms with Crippen LogP contribution in [0.2, 0.25) is 5.02 Å². The predicted molar refractivity (Wildman–Crippen MR) is 89.9 cm³/mol. The number of aryl methyl sites for hydroxylation is 1. The quantitative estimate of drug-likeness (QED) is 0.750. The Morgan fingerprint density at radius 2 is 2.12 bits per heavy atom. The van der Waals surface area contributed by atoms with Crippen molar-refractivity contribution in [2.24, 2.45) is 0 Å². The zero-order valence-electron chi connectivity index (χ0n) is 13.4. The van der Waals surface area contributed by atoms with Crippen LogP contribution >= 0.6 is 11.6 Å². The van der Waals surface area contributed by atoms with E-state index in [-0.39, 0.29) is 23.9 Å². The first-order chi connectivity index (χ1) is 11.3. The molecule has 24 heavy (non-hydrogen) atoms. The van der Waals surface area contributed by atoms with Crippen molar-refractivity contribution in [2.75, 3.05) is 11.9 Å². The normalized spacial score (nSPS) is 26.0. The maximum absolute atomic E-state index is 12.1. The highest BCUT2D eigenvalue weighted by molar-refractivity contribution is 6.31. The van der Waals surface area contributed by atoms with E-state index in [1.165, 1.54) is 4.90 Å². The van der Waals surface area contributed by atoms with Crippen molar-refractivity contribution >= 4 is 35.1 Å². The van der Waals surface area contributed by atoms with Crippen LogP contribution in [-0.4, -0.2) is 47.4 Å². The minimum atomic E-state index is -0.518. The fourth-order valence-corrected chi connectivity index (χ4v) is 3.26. The molecule has 2 heterocycles. The maximum Gasteiger partial charge on any atom is 0.319 e. The van der Waals surface area contributed by atoms with Crippen molar-refractivity contribution in [1.82, 2.24) is 15.5 Å². The second kappa shape index (κ2) is 6.32. The van der Waals surface area contributed by atoms with E-state index in [2.05, 4.69) is 16.0 Å². The topological polar surface area (TPSA) is 90.5 Å². The summed E-state index contributed by atoms with van der Waals surface area (Å²) < 4.78 is 0. The first-order valence-corrected chi connectivity index (χ1v) is 8.17. The van der Waals surface area contributed by atoms with Gasteiger partial charge in [-0.15, -0.1) is 0 Å². The molecule has 0 unspecified atom stereocenters. The number of halogens is 1. The third-order valence-corrected chi connectivity index (χ3v) is 4.79. The number of amides is 4. The van der Waals surface area contributed by atoms with Crippen LogP contribution in [0.3, 0.4) is 0 Å². The van der Waals surface area contributed by atoms with E-state index in [0.29, 0.717) is 23.7 Å². The summed E-state index contributed by atoms with van der Waals surface area (Å²) in [5, 5.41) is 8.74. The van der Waals surface area contributed by atoms with Crippen LogP contribution in [0, 0.1) is 6.92 Å². The number of benzene rings is 1. The molecule has 3 atom stereocenters. The highest BCUT2D eigenvalue weighted by Gasteiger charge is 2.45. The van der Waals surface area contributed by atoms with Crippen molar-refractivity contribution in [3.05, 3.63) is 28.8 Å². The summed E-state index contributed by atoms with van der Waals surface area (Å²) in [6, 6.07) is 3.57. The summed E-state index contributed by atoms with van der Waals surface area (Å²) >= 11 is 6.04. The first kappa shape index (κ1) is 16.6. The lowest BCUT2D eigenvalue weighted by atomic mass is 10.1. The van der Waals surface area contributed by atoms with Gasteiger partial charge in [0, 0.05) is 17.3 Å². The molecule has 1 aromatic carbocycles. The number of nitrogens with one attached hydrogen (secondary N) is 3. The van der Waals surface area contributed by atoms with Gasteiger partial charge >= 0.3 is 6.03 Å². The van der Waals surface area contributed by atoms with Gasteiger partial charge in [0.25, 0.3) is 0 Å². The van der Waals surface area contributed by atoms with E-state index >= 15 is 0 Å². The third kappa shape index (κ3) is 3.17. The maximum atomic E-state index is 12.1. The van der Waals surface area contributed by atoms with Gasteiger partial charge in [-0.1, -0.05) is 17.7 Å². The highest BCUT2D eigenvalue weighted by Crippen LogP contribution is 2.23. The van der Waals surface area contributed by atoms with Crippen LogP contribution in [-0.2, 0) is 9.59 Å². The molecule has 2 aliphatic rings. The van der Waals surface area contributed by atoms with Crippen LogP contribution in [0.4, 0.5) is 10.5 Å². The fourth-order valence-electron chi connectivity index (χ4n) is 3.08. The van der Waals surface area contributed by atoms with Crippen molar-refractivity contribution in [2.45, 2.75) is 38.4 Å². The zero-order valence-corrected chi connectivity index (χ0v) is 14.2. The molecule has 0 bridgehead atoms. The molecular formula is C16H19ClN4O3. The Morgan fingerprint density at radius 3 is 2.83 bits per heavy atom. The number of nitrogens with zero attached hydrogens (tertiary/aromatic N) is 1. The van der Waals surface area contributed by atoms with Crippen LogP contribution in [0.25, 0.3) is 0 Å². The summed E-state index contributed by atoms with van der Waals surface area (Å²) in [6.07, 6.45) is 0.409. The molecule has 2 saturated heterocycles. The molecule has 0 radical (unpaired) electrons. The molecule has 0 saturated carbocycles. The number of hydrogen-bond donors (Lipinski definition) is 3. The molecule has 8 heteroatoms. The number of anilines is 1. The van der Waals surface area contributed by atoms with E-state index < -0.39 is 12.1 Å². The molecule has 4 amide bonds. The average molecular weight is 351 g/mol. The molecule has 2 aliphatic heterocycles. The van der Waals surface area contributed by atoms with Gasteiger partial charge in [0.2, 0.25) is 11.8 Å². The van der Waals surface area contributed by atoms with Gasteiger partial charge in [0.1, 0.15) is 12.1 Å². The molecule has 7 nitrogen and oxygen atoms in total. The van der Waals surface area contributed by atoms with Gasteiger partial charge in [0.15, 0.2) is 0 Å². The Kier molecular flexibility index (Phi) is 4.36. The smallest absolute Gasteiger partial charge is 0.319 e. The van der Waals surface area contributed by atoms with Crippen LogP contribution in [0.5, 0.6) is 0 Å². The van der Waals surface area contributed by atoms with Gasteiger partial charge in [-0.2, -0.15) is 0 Å². The molecule has 0 spiro atoms. The lowest BCUT2D eigenvalue weighted by molar-refractivity contribution is -0.146. The Labute approximate surface area is 144 Å². The number of fused-ring (bicyclic) bond motifs is 1. The van der Waals surface area contributed by atoms with Gasteiger partial charge in [-0.05, 0) is 38.0 Å². The van der Waals surface area contributed by atoms with Gasteiger partial charge in [-0.25, -0.2) is 4.79 Å². The minimum Gasteiger partial charge on any atom is -0.343 e. The van der Waals surface area contributed by atoms with Gasteiger partial charge < -0.3 is 20.9 Å². The van der Waals surface area contributed by atoms with Crippen LogP contribution in [0.15, 0.2) is 18.2 Å². The van der Waals surface area contributed by atoms with E-state index in [9.17, 15) is 14.4 Å².